The summed E-state index contributed by atoms with van der Waals surface area (Å²) in [5.74, 6) is 0.770. The van der Waals surface area contributed by atoms with Gasteiger partial charge < -0.3 is 0 Å². The molecule has 0 rings (SSSR count). The molecule has 0 aliphatic heterocycles. The van der Waals surface area contributed by atoms with Gasteiger partial charge in [-0.05, 0) is 32.6 Å². The second kappa shape index (κ2) is 8.58. The summed E-state index contributed by atoms with van der Waals surface area (Å²) in [6.45, 7) is 6.45. The van der Waals surface area contributed by atoms with Crippen molar-refractivity contribution in [3.05, 3.63) is 24.3 Å². The fourth-order valence-corrected chi connectivity index (χ4v) is 1.34. The van der Waals surface area contributed by atoms with E-state index in [4.69, 9.17) is 0 Å². The SMILES string of the molecule is C/C=C\C(C/C=C/C)CCCC. The molecular formula is C12H22. The Labute approximate surface area is 77.4 Å². The molecule has 0 heterocycles. The lowest BCUT2D eigenvalue weighted by atomic mass is 9.98. The van der Waals surface area contributed by atoms with Crippen molar-refractivity contribution >= 4 is 0 Å². The topological polar surface area (TPSA) is 0 Å². The monoisotopic (exact) mass is 166 g/mol. The van der Waals surface area contributed by atoms with Crippen molar-refractivity contribution in [2.45, 2.75) is 46.5 Å². The summed E-state index contributed by atoms with van der Waals surface area (Å²) in [5.41, 5.74) is 0. The zero-order valence-corrected chi connectivity index (χ0v) is 8.72. The van der Waals surface area contributed by atoms with Crippen LogP contribution in [-0.2, 0) is 0 Å². The highest BCUT2D eigenvalue weighted by Crippen LogP contribution is 2.14. The Morgan fingerprint density at radius 3 is 2.42 bits per heavy atom. The molecule has 0 aromatic heterocycles. The molecule has 0 heteroatoms. The van der Waals surface area contributed by atoms with Crippen LogP contribution in [0.1, 0.15) is 46.5 Å². The zero-order valence-electron chi connectivity index (χ0n) is 8.72. The molecular weight excluding hydrogens is 144 g/mol. The van der Waals surface area contributed by atoms with Gasteiger partial charge in [0, 0.05) is 0 Å². The van der Waals surface area contributed by atoms with Gasteiger partial charge in [0.15, 0.2) is 0 Å². The van der Waals surface area contributed by atoms with Crippen LogP contribution in [-0.4, -0.2) is 0 Å². The van der Waals surface area contributed by atoms with Gasteiger partial charge in [-0.1, -0.05) is 44.1 Å². The summed E-state index contributed by atoms with van der Waals surface area (Å²) in [6.07, 6.45) is 14.1. The third-order valence-corrected chi connectivity index (χ3v) is 2.07. The van der Waals surface area contributed by atoms with Crippen LogP contribution in [0.3, 0.4) is 0 Å². The van der Waals surface area contributed by atoms with Crippen LogP contribution in [0.2, 0.25) is 0 Å². The number of allylic oxidation sites excluding steroid dienone is 4. The maximum atomic E-state index is 2.33. The Bertz CT molecular complexity index is 131. The highest BCUT2D eigenvalue weighted by Gasteiger charge is 2.00. The largest absolute Gasteiger partial charge is 0.0916 e. The van der Waals surface area contributed by atoms with E-state index in [0.29, 0.717) is 0 Å². The predicted octanol–water partition coefficient (Wildman–Crippen LogP) is 4.34. The summed E-state index contributed by atoms with van der Waals surface area (Å²) in [4.78, 5) is 0. The Morgan fingerprint density at radius 2 is 1.92 bits per heavy atom. The van der Waals surface area contributed by atoms with Gasteiger partial charge in [0.1, 0.15) is 0 Å². The first-order valence-electron chi connectivity index (χ1n) is 5.09. The number of unbranched alkanes of at least 4 members (excludes halogenated alkanes) is 1. The maximum absolute atomic E-state index is 2.33. The van der Waals surface area contributed by atoms with Crippen molar-refractivity contribution in [1.82, 2.24) is 0 Å². The first-order valence-corrected chi connectivity index (χ1v) is 5.09. The van der Waals surface area contributed by atoms with Crippen LogP contribution in [0, 0.1) is 5.92 Å². The third-order valence-electron chi connectivity index (χ3n) is 2.07. The van der Waals surface area contributed by atoms with Crippen molar-refractivity contribution in [3.63, 3.8) is 0 Å². The van der Waals surface area contributed by atoms with Crippen LogP contribution in [0.5, 0.6) is 0 Å². The van der Waals surface area contributed by atoms with Crippen molar-refractivity contribution in [2.75, 3.05) is 0 Å². The van der Waals surface area contributed by atoms with E-state index >= 15 is 0 Å². The Balaban J connectivity index is 3.69. The lowest BCUT2D eigenvalue weighted by molar-refractivity contribution is 0.560. The van der Waals surface area contributed by atoms with Crippen molar-refractivity contribution < 1.29 is 0 Å². The minimum absolute atomic E-state index is 0.770. The summed E-state index contributed by atoms with van der Waals surface area (Å²) in [7, 11) is 0. The van der Waals surface area contributed by atoms with E-state index in [1.807, 2.05) is 0 Å². The zero-order chi connectivity index (χ0) is 9.23. The average molecular weight is 166 g/mol. The summed E-state index contributed by atoms with van der Waals surface area (Å²) in [5, 5.41) is 0. The number of hydrogen-bond acceptors (Lipinski definition) is 0. The smallest absolute Gasteiger partial charge is 0.0199 e. The molecule has 0 aromatic carbocycles. The Morgan fingerprint density at radius 1 is 1.17 bits per heavy atom. The summed E-state index contributed by atoms with van der Waals surface area (Å²) in [6, 6.07) is 0. The van der Waals surface area contributed by atoms with E-state index in [-0.39, 0.29) is 0 Å². The highest BCUT2D eigenvalue weighted by molar-refractivity contribution is 4.91. The lowest BCUT2D eigenvalue weighted by Crippen LogP contribution is -1.94. The van der Waals surface area contributed by atoms with Crippen LogP contribution in [0.4, 0.5) is 0 Å². The highest BCUT2D eigenvalue weighted by atomic mass is 14.1. The van der Waals surface area contributed by atoms with E-state index in [2.05, 4.69) is 45.1 Å². The predicted molar refractivity (Wildman–Crippen MR) is 57.3 cm³/mol. The van der Waals surface area contributed by atoms with Crippen molar-refractivity contribution in [3.8, 4) is 0 Å². The molecule has 0 nitrogen and oxygen atoms in total. The molecule has 0 saturated heterocycles. The molecule has 0 aliphatic rings. The maximum Gasteiger partial charge on any atom is -0.0199 e. The molecule has 0 aliphatic carbocycles. The van der Waals surface area contributed by atoms with Gasteiger partial charge in [0.2, 0.25) is 0 Å². The second-order valence-electron chi connectivity index (χ2n) is 3.23. The fraction of sp³-hybridized carbons (Fsp3) is 0.667. The second-order valence-corrected chi connectivity index (χ2v) is 3.23. The van der Waals surface area contributed by atoms with Gasteiger partial charge in [-0.25, -0.2) is 0 Å². The molecule has 0 bridgehead atoms. The molecule has 12 heavy (non-hydrogen) atoms. The van der Waals surface area contributed by atoms with Crippen LogP contribution < -0.4 is 0 Å². The lowest BCUT2D eigenvalue weighted by Gasteiger charge is -2.08. The van der Waals surface area contributed by atoms with Gasteiger partial charge in [-0.3, -0.25) is 0 Å². The van der Waals surface area contributed by atoms with E-state index in [9.17, 15) is 0 Å². The van der Waals surface area contributed by atoms with Gasteiger partial charge in [0.25, 0.3) is 0 Å². The Kier molecular flexibility index (Phi) is 8.20. The van der Waals surface area contributed by atoms with Crippen molar-refractivity contribution in [1.29, 1.82) is 0 Å². The molecule has 0 fully saturated rings. The standard InChI is InChI=1S/C12H22/c1-4-7-10-12(9-6-3)11-8-5-2/h4,6-7,9,12H,5,8,10-11H2,1-3H3/b7-4+,9-6-. The van der Waals surface area contributed by atoms with Gasteiger partial charge in [-0.2, -0.15) is 0 Å². The van der Waals surface area contributed by atoms with Crippen LogP contribution in [0.15, 0.2) is 24.3 Å². The van der Waals surface area contributed by atoms with Crippen LogP contribution in [0.25, 0.3) is 0 Å². The quantitative estimate of drug-likeness (QED) is 0.515. The molecule has 0 N–H and O–H groups in total. The van der Waals surface area contributed by atoms with Crippen molar-refractivity contribution in [2.24, 2.45) is 5.92 Å². The minimum Gasteiger partial charge on any atom is -0.0916 e. The first-order chi connectivity index (χ1) is 5.85. The minimum atomic E-state index is 0.770. The Hall–Kier alpha value is -0.520. The fourth-order valence-electron chi connectivity index (χ4n) is 1.34. The molecule has 0 saturated carbocycles. The first kappa shape index (κ1) is 11.5. The van der Waals surface area contributed by atoms with E-state index in [1.165, 1.54) is 25.7 Å². The molecule has 0 radical (unpaired) electrons. The molecule has 1 unspecified atom stereocenters. The van der Waals surface area contributed by atoms with Gasteiger partial charge in [0.05, 0.1) is 0 Å². The molecule has 70 valence electrons. The third kappa shape index (κ3) is 6.21. The van der Waals surface area contributed by atoms with Gasteiger partial charge >= 0.3 is 0 Å². The summed E-state index contributed by atoms with van der Waals surface area (Å²) < 4.78 is 0. The van der Waals surface area contributed by atoms with Gasteiger partial charge in [-0.15, -0.1) is 0 Å². The van der Waals surface area contributed by atoms with E-state index in [0.717, 1.165) is 5.92 Å². The number of hydrogen-bond donors (Lipinski definition) is 0. The molecule has 0 aromatic rings. The summed E-state index contributed by atoms with van der Waals surface area (Å²) >= 11 is 0. The van der Waals surface area contributed by atoms with Crippen LogP contribution >= 0.6 is 0 Å². The average Bonchev–Trinajstić information content (AvgIpc) is 2.10. The molecule has 0 spiro atoms. The molecule has 1 atom stereocenters. The number of rotatable bonds is 6. The normalized spacial score (nSPS) is 14.6. The van der Waals surface area contributed by atoms with E-state index in [1.54, 1.807) is 0 Å². The molecule has 0 amide bonds. The van der Waals surface area contributed by atoms with E-state index < -0.39 is 0 Å².